The summed E-state index contributed by atoms with van der Waals surface area (Å²) in [7, 11) is 0. The van der Waals surface area contributed by atoms with E-state index in [0.29, 0.717) is 17.9 Å². The summed E-state index contributed by atoms with van der Waals surface area (Å²) < 4.78 is 45.0. The normalized spacial score (nSPS) is 12.9. The van der Waals surface area contributed by atoms with Crippen molar-refractivity contribution in [3.8, 4) is 5.75 Å². The lowest BCUT2D eigenvalue weighted by atomic mass is 10.2. The van der Waals surface area contributed by atoms with Crippen molar-refractivity contribution in [2.75, 3.05) is 11.9 Å². The van der Waals surface area contributed by atoms with Crippen LogP contribution in [0.1, 0.15) is 16.1 Å². The van der Waals surface area contributed by atoms with Crippen LogP contribution in [0.5, 0.6) is 5.75 Å². The van der Waals surface area contributed by atoms with Gasteiger partial charge in [-0.05, 0) is 12.1 Å². The van der Waals surface area contributed by atoms with Crippen LogP contribution in [-0.4, -0.2) is 23.4 Å². The Bertz CT molecular complexity index is 819. The minimum absolute atomic E-state index is 0.0810. The Morgan fingerprint density at radius 3 is 2.67 bits per heavy atom. The maximum absolute atomic E-state index is 13.5. The van der Waals surface area contributed by atoms with E-state index >= 15 is 0 Å². The molecular weight excluding hydrogens is 327 g/mol. The summed E-state index contributed by atoms with van der Waals surface area (Å²) in [6.07, 6.45) is 0. The molecule has 0 atom stereocenters. The van der Waals surface area contributed by atoms with Gasteiger partial charge < -0.3 is 15.4 Å². The topological polar surface area (TPSA) is 80.3 Å². The predicted molar refractivity (Wildman–Crippen MR) is 75.8 cm³/mol. The number of hydrogen-bond donors (Lipinski definition) is 2. The maximum atomic E-state index is 13.5. The van der Waals surface area contributed by atoms with Gasteiger partial charge >= 0.3 is 0 Å². The van der Waals surface area contributed by atoms with E-state index in [1.165, 1.54) is 12.1 Å². The zero-order valence-electron chi connectivity index (χ0n) is 12.0. The molecule has 3 rings (SSSR count). The van der Waals surface area contributed by atoms with Crippen LogP contribution in [0.25, 0.3) is 0 Å². The molecule has 1 aromatic carbocycles. The summed E-state index contributed by atoms with van der Waals surface area (Å²) in [5.74, 6) is -4.01. The number of hydrogen-bond acceptors (Lipinski definition) is 4. The molecule has 1 aromatic heterocycles. The number of benzene rings is 1. The summed E-state index contributed by atoms with van der Waals surface area (Å²) >= 11 is 0. The Morgan fingerprint density at radius 2 is 1.96 bits per heavy atom. The van der Waals surface area contributed by atoms with E-state index in [-0.39, 0.29) is 18.1 Å². The van der Waals surface area contributed by atoms with Gasteiger partial charge in [-0.1, -0.05) is 0 Å². The maximum Gasteiger partial charge on any atom is 0.270 e. The first-order chi connectivity index (χ1) is 11.4. The molecule has 0 saturated carbocycles. The molecule has 2 amide bonds. The average molecular weight is 337 g/mol. The van der Waals surface area contributed by atoms with Crippen molar-refractivity contribution in [1.29, 1.82) is 0 Å². The molecule has 124 valence electrons. The van der Waals surface area contributed by atoms with Gasteiger partial charge in [0.15, 0.2) is 18.2 Å². The highest BCUT2D eigenvalue weighted by atomic mass is 19.1. The molecule has 6 nitrogen and oxygen atoms in total. The SMILES string of the molecule is O=C1COc2ccc(C(=O)NCc3c(F)cc(F)cc3F)nc2N1. The van der Waals surface area contributed by atoms with Gasteiger partial charge in [-0.25, -0.2) is 18.2 Å². The van der Waals surface area contributed by atoms with Crippen molar-refractivity contribution in [2.45, 2.75) is 6.54 Å². The molecule has 0 bridgehead atoms. The highest BCUT2D eigenvalue weighted by Gasteiger charge is 2.20. The van der Waals surface area contributed by atoms with Crippen molar-refractivity contribution >= 4 is 17.6 Å². The Balaban J connectivity index is 1.74. The summed E-state index contributed by atoms with van der Waals surface area (Å²) in [6.45, 7) is -0.637. The van der Waals surface area contributed by atoms with Gasteiger partial charge in [0, 0.05) is 24.2 Å². The number of carbonyl (C=O) groups is 2. The zero-order chi connectivity index (χ0) is 17.3. The van der Waals surface area contributed by atoms with Gasteiger partial charge in [0.2, 0.25) is 0 Å². The van der Waals surface area contributed by atoms with Crippen LogP contribution in [0.3, 0.4) is 0 Å². The van der Waals surface area contributed by atoms with E-state index in [1.54, 1.807) is 0 Å². The molecule has 2 aromatic rings. The van der Waals surface area contributed by atoms with Crippen LogP contribution >= 0.6 is 0 Å². The largest absolute Gasteiger partial charge is 0.480 e. The Hall–Kier alpha value is -3.10. The molecule has 2 N–H and O–H groups in total. The third-order valence-corrected chi connectivity index (χ3v) is 3.24. The number of amides is 2. The Labute approximate surface area is 133 Å². The number of carbonyl (C=O) groups excluding carboxylic acids is 2. The van der Waals surface area contributed by atoms with Gasteiger partial charge in [0.1, 0.15) is 23.1 Å². The van der Waals surface area contributed by atoms with Crippen LogP contribution in [0.4, 0.5) is 19.0 Å². The first-order valence-corrected chi connectivity index (χ1v) is 6.79. The number of nitrogens with zero attached hydrogens (tertiary/aromatic N) is 1. The summed E-state index contributed by atoms with van der Waals surface area (Å²) in [5.41, 5.74) is -0.554. The molecule has 1 aliphatic heterocycles. The van der Waals surface area contributed by atoms with Gasteiger partial charge in [-0.15, -0.1) is 0 Å². The molecular formula is C15H10F3N3O3. The van der Waals surface area contributed by atoms with E-state index in [4.69, 9.17) is 4.74 Å². The second-order valence-electron chi connectivity index (χ2n) is 4.91. The summed E-state index contributed by atoms with van der Waals surface area (Å²) in [6, 6.07) is 3.82. The van der Waals surface area contributed by atoms with Crippen molar-refractivity contribution in [3.63, 3.8) is 0 Å². The number of halogens is 3. The van der Waals surface area contributed by atoms with E-state index < -0.39 is 41.4 Å². The van der Waals surface area contributed by atoms with Crippen molar-refractivity contribution in [3.05, 3.63) is 53.0 Å². The van der Waals surface area contributed by atoms with E-state index in [0.717, 1.165) is 0 Å². The summed E-state index contributed by atoms with van der Waals surface area (Å²) in [4.78, 5) is 27.2. The minimum atomic E-state index is -1.10. The highest BCUT2D eigenvalue weighted by Crippen LogP contribution is 2.25. The lowest BCUT2D eigenvalue weighted by Gasteiger charge is -2.17. The van der Waals surface area contributed by atoms with Crippen LogP contribution in [0.15, 0.2) is 24.3 Å². The average Bonchev–Trinajstić information content (AvgIpc) is 2.52. The van der Waals surface area contributed by atoms with Crippen molar-refractivity contribution in [1.82, 2.24) is 10.3 Å². The smallest absolute Gasteiger partial charge is 0.270 e. The molecule has 1 aliphatic rings. The van der Waals surface area contributed by atoms with E-state index in [2.05, 4.69) is 15.6 Å². The highest BCUT2D eigenvalue weighted by molar-refractivity contribution is 5.96. The standard InChI is InChI=1S/C15H10F3N3O3/c16-7-3-9(17)8(10(18)4-7)5-19-15(23)11-1-2-12-14(20-11)21-13(22)6-24-12/h1-4H,5-6H2,(H,19,23)(H,20,21,22). The predicted octanol–water partition coefficient (Wildman–Crippen LogP) is 1.76. The number of aromatic nitrogens is 1. The molecule has 24 heavy (non-hydrogen) atoms. The number of nitrogens with one attached hydrogen (secondary N) is 2. The molecule has 0 spiro atoms. The van der Waals surface area contributed by atoms with Crippen molar-refractivity contribution in [2.24, 2.45) is 0 Å². The van der Waals surface area contributed by atoms with Gasteiger partial charge in [-0.3, -0.25) is 9.59 Å². The van der Waals surface area contributed by atoms with E-state index in [9.17, 15) is 22.8 Å². The van der Waals surface area contributed by atoms with Gasteiger partial charge in [0.05, 0.1) is 0 Å². The van der Waals surface area contributed by atoms with Crippen LogP contribution in [0.2, 0.25) is 0 Å². The third kappa shape index (κ3) is 3.14. The Kier molecular flexibility index (Phi) is 4.07. The Morgan fingerprint density at radius 1 is 1.25 bits per heavy atom. The lowest BCUT2D eigenvalue weighted by molar-refractivity contribution is -0.118. The molecule has 0 saturated heterocycles. The van der Waals surface area contributed by atoms with Crippen LogP contribution < -0.4 is 15.4 Å². The fourth-order valence-electron chi connectivity index (χ4n) is 2.09. The molecule has 9 heteroatoms. The molecule has 0 aliphatic carbocycles. The molecule has 0 radical (unpaired) electrons. The number of ether oxygens (including phenoxy) is 1. The van der Waals surface area contributed by atoms with Gasteiger partial charge in [0.25, 0.3) is 11.8 Å². The summed E-state index contributed by atoms with van der Waals surface area (Å²) in [5, 5.41) is 4.71. The lowest BCUT2D eigenvalue weighted by Crippen LogP contribution is -2.28. The monoisotopic (exact) mass is 337 g/mol. The zero-order valence-corrected chi connectivity index (χ0v) is 12.0. The minimum Gasteiger partial charge on any atom is -0.480 e. The molecule has 2 heterocycles. The second-order valence-corrected chi connectivity index (χ2v) is 4.91. The number of anilines is 1. The van der Waals surface area contributed by atoms with E-state index in [1.807, 2.05) is 0 Å². The quantitative estimate of drug-likeness (QED) is 0.894. The van der Waals surface area contributed by atoms with Crippen molar-refractivity contribution < 1.29 is 27.5 Å². The van der Waals surface area contributed by atoms with Crippen LogP contribution in [-0.2, 0) is 11.3 Å². The first kappa shape index (κ1) is 15.8. The van der Waals surface area contributed by atoms with Gasteiger partial charge in [-0.2, -0.15) is 0 Å². The molecule has 0 fully saturated rings. The second kappa shape index (κ2) is 6.19. The fourth-order valence-corrected chi connectivity index (χ4v) is 2.09. The number of pyridine rings is 1. The number of rotatable bonds is 3. The number of fused-ring (bicyclic) bond motifs is 1. The first-order valence-electron chi connectivity index (χ1n) is 6.79. The fraction of sp³-hybridized carbons (Fsp3) is 0.133. The third-order valence-electron chi connectivity index (χ3n) is 3.24. The van der Waals surface area contributed by atoms with Crippen LogP contribution in [0, 0.1) is 17.5 Å². The molecule has 0 unspecified atom stereocenters.